The van der Waals surface area contributed by atoms with E-state index < -0.39 is 0 Å². The summed E-state index contributed by atoms with van der Waals surface area (Å²) in [4.78, 5) is 0. The number of fused-ring (bicyclic) bond motifs is 3. The van der Waals surface area contributed by atoms with Gasteiger partial charge in [-0.25, -0.2) is 0 Å². The molecule has 25 heavy (non-hydrogen) atoms. The summed E-state index contributed by atoms with van der Waals surface area (Å²) in [7, 11) is 0. The van der Waals surface area contributed by atoms with E-state index in [1.165, 1.54) is 89.9 Å². The predicted molar refractivity (Wildman–Crippen MR) is 111 cm³/mol. The van der Waals surface area contributed by atoms with Crippen LogP contribution in [-0.2, 0) is 0 Å². The van der Waals surface area contributed by atoms with Gasteiger partial charge in [0.05, 0.1) is 0 Å². The van der Waals surface area contributed by atoms with Crippen LogP contribution in [0, 0.1) is 29.6 Å². The molecule has 0 amide bonds. The normalized spacial score (nSPS) is 38.2. The van der Waals surface area contributed by atoms with Crippen molar-refractivity contribution in [1.29, 1.82) is 0 Å². The molecule has 146 valence electrons. The topological polar surface area (TPSA) is 0 Å². The van der Waals surface area contributed by atoms with Crippen LogP contribution >= 0.6 is 11.6 Å². The lowest BCUT2D eigenvalue weighted by Gasteiger charge is -2.50. The molecule has 0 saturated heterocycles. The molecule has 3 aliphatic rings. The number of hydrogen-bond donors (Lipinski definition) is 0. The first kappa shape index (κ1) is 20.0. The second kappa shape index (κ2) is 10.6. The lowest BCUT2D eigenvalue weighted by Crippen LogP contribution is -2.41. The molecule has 3 rings (SSSR count). The van der Waals surface area contributed by atoms with E-state index in [0.717, 1.165) is 29.6 Å². The number of unbranched alkanes of at least 4 members (excludes halogenated alkanes) is 7. The van der Waals surface area contributed by atoms with Gasteiger partial charge in [-0.05, 0) is 74.5 Å². The molecule has 4 unspecified atom stereocenters. The van der Waals surface area contributed by atoms with Gasteiger partial charge in [-0.3, -0.25) is 0 Å². The molecule has 6 atom stereocenters. The minimum absolute atomic E-state index is 0.496. The molecule has 0 bridgehead atoms. The Bertz CT molecular complexity index is 365. The van der Waals surface area contributed by atoms with Gasteiger partial charge in [0.25, 0.3) is 0 Å². The first-order chi connectivity index (χ1) is 12.3. The zero-order valence-corrected chi connectivity index (χ0v) is 17.6. The van der Waals surface area contributed by atoms with Gasteiger partial charge in [0.15, 0.2) is 0 Å². The van der Waals surface area contributed by atoms with Crippen molar-refractivity contribution in [3.8, 4) is 0 Å². The molecule has 3 fully saturated rings. The van der Waals surface area contributed by atoms with Gasteiger partial charge in [-0.15, -0.1) is 11.6 Å². The molecule has 0 aromatic carbocycles. The summed E-state index contributed by atoms with van der Waals surface area (Å²) in [5.41, 5.74) is 0. The second-order valence-corrected chi connectivity index (χ2v) is 10.4. The van der Waals surface area contributed by atoms with Crippen LogP contribution in [0.1, 0.15) is 116 Å². The quantitative estimate of drug-likeness (QED) is 0.284. The number of alkyl halides is 1. The monoisotopic (exact) mass is 366 g/mol. The van der Waals surface area contributed by atoms with Crippen LogP contribution in [0.5, 0.6) is 0 Å². The summed E-state index contributed by atoms with van der Waals surface area (Å²) in [6, 6.07) is 0. The Kier molecular flexibility index (Phi) is 8.48. The minimum atomic E-state index is 0.496. The summed E-state index contributed by atoms with van der Waals surface area (Å²) >= 11 is 6.45. The molecule has 0 radical (unpaired) electrons. The molecular weight excluding hydrogens is 324 g/mol. The maximum absolute atomic E-state index is 6.45. The van der Waals surface area contributed by atoms with Gasteiger partial charge in [0.1, 0.15) is 0 Å². The Morgan fingerprint density at radius 2 is 1.24 bits per heavy atom. The molecule has 0 N–H and O–H groups in total. The van der Waals surface area contributed by atoms with Gasteiger partial charge >= 0.3 is 0 Å². The molecular formula is C24H43Cl. The number of halogens is 1. The molecule has 0 aromatic heterocycles. The first-order valence-corrected chi connectivity index (χ1v) is 12.4. The van der Waals surface area contributed by atoms with E-state index in [-0.39, 0.29) is 0 Å². The van der Waals surface area contributed by atoms with Crippen LogP contribution in [0.25, 0.3) is 0 Å². The molecule has 0 spiro atoms. The van der Waals surface area contributed by atoms with E-state index in [9.17, 15) is 0 Å². The highest BCUT2D eigenvalue weighted by Crippen LogP contribution is 2.53. The lowest BCUT2D eigenvalue weighted by molar-refractivity contribution is 0.0110. The standard InChI is InChI=1S/C24H43Cl/c1-2-3-4-5-6-7-8-9-10-19-11-15-23-20(17-19)12-13-21-18-22(25)14-16-24(21)23/h19-24H,2-18H2,1H3/t19-,20?,21?,22-,23?,24?/m1/s1. The molecule has 1 heteroatoms. The maximum atomic E-state index is 6.45. The third-order valence-electron chi connectivity index (χ3n) is 8.05. The second-order valence-electron chi connectivity index (χ2n) is 9.78. The molecule has 3 saturated carbocycles. The molecule has 3 aliphatic carbocycles. The van der Waals surface area contributed by atoms with Crippen molar-refractivity contribution in [2.24, 2.45) is 29.6 Å². The molecule has 0 aromatic rings. The van der Waals surface area contributed by atoms with Crippen LogP contribution in [0.3, 0.4) is 0 Å². The van der Waals surface area contributed by atoms with E-state index >= 15 is 0 Å². The van der Waals surface area contributed by atoms with Crippen LogP contribution in [0.2, 0.25) is 0 Å². The molecule has 0 aliphatic heterocycles. The smallest absolute Gasteiger partial charge is 0.0338 e. The van der Waals surface area contributed by atoms with Gasteiger partial charge in [-0.2, -0.15) is 0 Å². The lowest BCUT2D eigenvalue weighted by atomic mass is 9.56. The van der Waals surface area contributed by atoms with Crippen molar-refractivity contribution in [2.75, 3.05) is 0 Å². The van der Waals surface area contributed by atoms with Crippen molar-refractivity contribution in [3.05, 3.63) is 0 Å². The van der Waals surface area contributed by atoms with E-state index in [1.807, 2.05) is 0 Å². The Hall–Kier alpha value is 0.290. The fraction of sp³-hybridized carbons (Fsp3) is 1.00. The van der Waals surface area contributed by atoms with Crippen LogP contribution < -0.4 is 0 Å². The zero-order chi connectivity index (χ0) is 17.5. The summed E-state index contributed by atoms with van der Waals surface area (Å²) in [6.45, 7) is 2.31. The summed E-state index contributed by atoms with van der Waals surface area (Å²) in [5, 5.41) is 0.496. The van der Waals surface area contributed by atoms with Crippen molar-refractivity contribution >= 4 is 11.6 Å². The van der Waals surface area contributed by atoms with Gasteiger partial charge < -0.3 is 0 Å². The fourth-order valence-corrected chi connectivity index (χ4v) is 7.02. The zero-order valence-electron chi connectivity index (χ0n) is 16.9. The van der Waals surface area contributed by atoms with Gasteiger partial charge in [0, 0.05) is 5.38 Å². The maximum Gasteiger partial charge on any atom is 0.0338 e. The van der Waals surface area contributed by atoms with E-state index in [1.54, 1.807) is 19.3 Å². The summed E-state index contributed by atoms with van der Waals surface area (Å²) < 4.78 is 0. The average Bonchev–Trinajstić information content (AvgIpc) is 2.63. The van der Waals surface area contributed by atoms with Crippen molar-refractivity contribution < 1.29 is 0 Å². The third-order valence-corrected chi connectivity index (χ3v) is 8.45. The Labute approximate surface area is 162 Å². The predicted octanol–water partition coefficient (Wildman–Crippen LogP) is 8.37. The van der Waals surface area contributed by atoms with Gasteiger partial charge in [0.2, 0.25) is 0 Å². The molecule has 0 heterocycles. The van der Waals surface area contributed by atoms with Gasteiger partial charge in [-0.1, -0.05) is 71.1 Å². The largest absolute Gasteiger partial charge is 0.123 e. The Balaban J connectivity index is 1.30. The van der Waals surface area contributed by atoms with Crippen molar-refractivity contribution in [2.45, 2.75) is 121 Å². The minimum Gasteiger partial charge on any atom is -0.123 e. The fourth-order valence-electron chi connectivity index (χ4n) is 6.66. The van der Waals surface area contributed by atoms with Crippen molar-refractivity contribution in [1.82, 2.24) is 0 Å². The summed E-state index contributed by atoms with van der Waals surface area (Å²) in [6.07, 6.45) is 25.1. The van der Waals surface area contributed by atoms with E-state index in [4.69, 9.17) is 11.6 Å². The third kappa shape index (κ3) is 5.88. The highest BCUT2D eigenvalue weighted by Gasteiger charge is 2.44. The highest BCUT2D eigenvalue weighted by atomic mass is 35.5. The average molecular weight is 367 g/mol. The summed E-state index contributed by atoms with van der Waals surface area (Å²) in [5.74, 6) is 5.28. The SMILES string of the molecule is CCCCCCCCCC[C@@H]1CCC2C(CCC3C[C@H](Cl)CCC32)C1. The first-order valence-electron chi connectivity index (χ1n) is 11.9. The Morgan fingerprint density at radius 1 is 0.640 bits per heavy atom. The van der Waals surface area contributed by atoms with E-state index in [0.29, 0.717) is 5.38 Å². The van der Waals surface area contributed by atoms with Crippen molar-refractivity contribution in [3.63, 3.8) is 0 Å². The van der Waals surface area contributed by atoms with Crippen LogP contribution in [0.15, 0.2) is 0 Å². The Morgan fingerprint density at radius 3 is 1.96 bits per heavy atom. The van der Waals surface area contributed by atoms with Crippen LogP contribution in [0.4, 0.5) is 0 Å². The number of rotatable bonds is 9. The number of hydrogen-bond acceptors (Lipinski definition) is 0. The van der Waals surface area contributed by atoms with Crippen LogP contribution in [-0.4, -0.2) is 5.38 Å². The molecule has 0 nitrogen and oxygen atoms in total. The highest BCUT2D eigenvalue weighted by molar-refractivity contribution is 6.20. The van der Waals surface area contributed by atoms with E-state index in [2.05, 4.69) is 6.92 Å².